The minimum atomic E-state index is -0.913. The molecule has 1 unspecified atom stereocenters. The Kier molecular flexibility index (Phi) is 5.57. The van der Waals surface area contributed by atoms with Gasteiger partial charge >= 0.3 is 0 Å². The smallest absolute Gasteiger partial charge is 0.238 e. The van der Waals surface area contributed by atoms with Crippen molar-refractivity contribution in [1.82, 2.24) is 15.3 Å². The number of benzene rings is 2. The molecule has 4 rings (SSSR count). The zero-order chi connectivity index (χ0) is 21.0. The van der Waals surface area contributed by atoms with Crippen molar-refractivity contribution < 1.29 is 9.59 Å². The lowest BCUT2D eigenvalue weighted by atomic mass is 9.73. The van der Waals surface area contributed by atoms with Crippen LogP contribution in [0.15, 0.2) is 73.2 Å². The number of para-hydroxylation sites is 1. The predicted octanol–water partition coefficient (Wildman–Crippen LogP) is 2.68. The summed E-state index contributed by atoms with van der Waals surface area (Å²) < 4.78 is 0. The number of carbonyl (C=O) groups excluding carboxylic acids is 2. The standard InChI is InChI=1S/C24H24N4O2/c1-28-21-10-6-5-9-20(21)24(23(28)30,15-18-7-3-2-4-8-18)16-22(29)27-12-11-19-17-25-13-14-26-19/h2-10,13-14,17H,11-12,15-16H2,1H3,(H,27,29). The Hall–Kier alpha value is -3.54. The minimum absolute atomic E-state index is 0.0448. The average Bonchev–Trinajstić information content (AvgIpc) is 2.97. The second-order valence-electron chi connectivity index (χ2n) is 7.60. The zero-order valence-corrected chi connectivity index (χ0v) is 16.9. The van der Waals surface area contributed by atoms with Crippen LogP contribution in [0, 0.1) is 0 Å². The number of fused-ring (bicyclic) bond motifs is 1. The maximum atomic E-state index is 13.4. The topological polar surface area (TPSA) is 75.2 Å². The molecule has 1 aromatic heterocycles. The van der Waals surface area contributed by atoms with Crippen LogP contribution in [0.2, 0.25) is 0 Å². The lowest BCUT2D eigenvalue weighted by Crippen LogP contribution is -2.44. The molecule has 2 aromatic carbocycles. The fraction of sp³-hybridized carbons (Fsp3) is 0.250. The van der Waals surface area contributed by atoms with Crippen molar-refractivity contribution in [3.05, 3.63) is 90.0 Å². The van der Waals surface area contributed by atoms with Crippen molar-refractivity contribution in [1.29, 1.82) is 0 Å². The zero-order valence-electron chi connectivity index (χ0n) is 16.9. The molecule has 2 amide bonds. The third-order valence-electron chi connectivity index (χ3n) is 5.63. The molecule has 0 saturated carbocycles. The fourth-order valence-corrected chi connectivity index (χ4v) is 4.19. The second kappa shape index (κ2) is 8.45. The van der Waals surface area contributed by atoms with Crippen LogP contribution < -0.4 is 10.2 Å². The van der Waals surface area contributed by atoms with Gasteiger partial charge in [-0.15, -0.1) is 0 Å². The molecule has 6 heteroatoms. The number of nitrogens with zero attached hydrogens (tertiary/aromatic N) is 3. The molecular weight excluding hydrogens is 376 g/mol. The van der Waals surface area contributed by atoms with E-state index in [1.165, 1.54) is 0 Å². The van der Waals surface area contributed by atoms with Crippen LogP contribution in [-0.4, -0.2) is 35.4 Å². The van der Waals surface area contributed by atoms with Gasteiger partial charge in [0.05, 0.1) is 11.1 Å². The van der Waals surface area contributed by atoms with E-state index in [0.29, 0.717) is 19.4 Å². The molecule has 30 heavy (non-hydrogen) atoms. The first-order chi connectivity index (χ1) is 14.6. The van der Waals surface area contributed by atoms with E-state index in [-0.39, 0.29) is 18.2 Å². The van der Waals surface area contributed by atoms with E-state index in [2.05, 4.69) is 15.3 Å². The number of likely N-dealkylation sites (N-methyl/N-ethyl adjacent to an activating group) is 1. The Morgan fingerprint density at radius 2 is 1.83 bits per heavy atom. The van der Waals surface area contributed by atoms with E-state index in [1.54, 1.807) is 30.5 Å². The second-order valence-corrected chi connectivity index (χ2v) is 7.60. The Labute approximate surface area is 176 Å². The third kappa shape index (κ3) is 3.81. The number of aromatic nitrogens is 2. The SMILES string of the molecule is CN1C(=O)C(CC(=O)NCCc2cnccn2)(Cc2ccccc2)c2ccccc21. The first-order valence-electron chi connectivity index (χ1n) is 10.0. The fourth-order valence-electron chi connectivity index (χ4n) is 4.19. The van der Waals surface area contributed by atoms with Gasteiger partial charge in [0, 0.05) is 50.7 Å². The van der Waals surface area contributed by atoms with Gasteiger partial charge < -0.3 is 10.2 Å². The van der Waals surface area contributed by atoms with Crippen LogP contribution in [0.25, 0.3) is 0 Å². The molecule has 0 bridgehead atoms. The quantitative estimate of drug-likeness (QED) is 0.662. The van der Waals surface area contributed by atoms with Crippen molar-refractivity contribution in [2.75, 3.05) is 18.5 Å². The highest BCUT2D eigenvalue weighted by molar-refractivity contribution is 6.09. The number of carbonyl (C=O) groups is 2. The van der Waals surface area contributed by atoms with Crippen molar-refractivity contribution in [3.63, 3.8) is 0 Å². The van der Waals surface area contributed by atoms with Gasteiger partial charge in [-0.05, 0) is 23.6 Å². The van der Waals surface area contributed by atoms with E-state index in [9.17, 15) is 9.59 Å². The van der Waals surface area contributed by atoms with Crippen LogP contribution >= 0.6 is 0 Å². The molecule has 2 heterocycles. The van der Waals surface area contributed by atoms with E-state index < -0.39 is 5.41 Å². The Morgan fingerprint density at radius 1 is 1.07 bits per heavy atom. The number of hydrogen-bond acceptors (Lipinski definition) is 4. The third-order valence-corrected chi connectivity index (χ3v) is 5.63. The molecule has 3 aromatic rings. The molecule has 1 N–H and O–H groups in total. The van der Waals surface area contributed by atoms with Crippen LogP contribution in [0.5, 0.6) is 0 Å². The lowest BCUT2D eigenvalue weighted by Gasteiger charge is -2.28. The highest BCUT2D eigenvalue weighted by Gasteiger charge is 2.50. The van der Waals surface area contributed by atoms with Crippen LogP contribution in [0.1, 0.15) is 23.2 Å². The largest absolute Gasteiger partial charge is 0.356 e. The van der Waals surface area contributed by atoms with Crippen LogP contribution in [0.3, 0.4) is 0 Å². The lowest BCUT2D eigenvalue weighted by molar-refractivity contribution is -0.129. The minimum Gasteiger partial charge on any atom is -0.356 e. The first kappa shape index (κ1) is 19.8. The molecule has 1 atom stereocenters. The molecule has 1 aliphatic rings. The molecule has 0 saturated heterocycles. The van der Waals surface area contributed by atoms with Gasteiger partial charge in [0.15, 0.2) is 0 Å². The summed E-state index contributed by atoms with van der Waals surface area (Å²) in [4.78, 5) is 36.3. The van der Waals surface area contributed by atoms with Gasteiger partial charge in [0.25, 0.3) is 0 Å². The molecule has 0 radical (unpaired) electrons. The molecule has 6 nitrogen and oxygen atoms in total. The van der Waals surface area contributed by atoms with E-state index in [1.807, 2.05) is 54.6 Å². The number of anilines is 1. The summed E-state index contributed by atoms with van der Waals surface area (Å²) in [6.45, 7) is 0.449. The molecular formula is C24H24N4O2. The van der Waals surface area contributed by atoms with Gasteiger partial charge in [-0.1, -0.05) is 48.5 Å². The summed E-state index contributed by atoms with van der Waals surface area (Å²) in [5.41, 5.74) is 2.71. The highest BCUT2D eigenvalue weighted by Crippen LogP contribution is 2.45. The van der Waals surface area contributed by atoms with Crippen molar-refractivity contribution in [2.24, 2.45) is 0 Å². The Morgan fingerprint density at radius 3 is 2.60 bits per heavy atom. The summed E-state index contributed by atoms with van der Waals surface area (Å²) in [6, 6.07) is 17.6. The van der Waals surface area contributed by atoms with Crippen LogP contribution in [-0.2, 0) is 27.8 Å². The van der Waals surface area contributed by atoms with Gasteiger partial charge in [0.1, 0.15) is 0 Å². The number of amides is 2. The van der Waals surface area contributed by atoms with E-state index in [0.717, 1.165) is 22.5 Å². The van der Waals surface area contributed by atoms with Crippen LogP contribution in [0.4, 0.5) is 5.69 Å². The van der Waals surface area contributed by atoms with E-state index in [4.69, 9.17) is 0 Å². The number of rotatable bonds is 7. The van der Waals surface area contributed by atoms with Gasteiger partial charge in [-0.2, -0.15) is 0 Å². The van der Waals surface area contributed by atoms with Gasteiger partial charge in [-0.3, -0.25) is 19.6 Å². The molecule has 1 aliphatic heterocycles. The summed E-state index contributed by atoms with van der Waals surface area (Å²) in [7, 11) is 1.78. The molecule has 0 aliphatic carbocycles. The Balaban J connectivity index is 1.57. The normalized spacial score (nSPS) is 17.6. The van der Waals surface area contributed by atoms with Gasteiger partial charge in [-0.25, -0.2) is 0 Å². The molecule has 152 valence electrons. The molecule has 0 fully saturated rings. The average molecular weight is 400 g/mol. The summed E-state index contributed by atoms with van der Waals surface area (Å²) in [6.07, 6.45) is 6.11. The number of nitrogens with one attached hydrogen (secondary N) is 1. The molecule has 0 spiro atoms. The van der Waals surface area contributed by atoms with Crippen molar-refractivity contribution >= 4 is 17.5 Å². The summed E-state index contributed by atoms with van der Waals surface area (Å²) >= 11 is 0. The number of hydrogen-bond donors (Lipinski definition) is 1. The van der Waals surface area contributed by atoms with Crippen molar-refractivity contribution in [2.45, 2.75) is 24.7 Å². The Bertz CT molecular complexity index is 1040. The summed E-state index contributed by atoms with van der Waals surface area (Å²) in [5.74, 6) is -0.190. The first-order valence-corrected chi connectivity index (χ1v) is 10.0. The maximum absolute atomic E-state index is 13.4. The maximum Gasteiger partial charge on any atom is 0.238 e. The van der Waals surface area contributed by atoms with E-state index >= 15 is 0 Å². The monoisotopic (exact) mass is 400 g/mol. The van der Waals surface area contributed by atoms with Gasteiger partial charge in [0.2, 0.25) is 11.8 Å². The predicted molar refractivity (Wildman–Crippen MR) is 115 cm³/mol. The summed E-state index contributed by atoms with van der Waals surface area (Å²) in [5, 5.41) is 2.96. The highest BCUT2D eigenvalue weighted by atomic mass is 16.2. The van der Waals surface area contributed by atoms with Crippen molar-refractivity contribution in [3.8, 4) is 0 Å².